The van der Waals surface area contributed by atoms with Gasteiger partial charge in [0.1, 0.15) is 4.88 Å². The van der Waals surface area contributed by atoms with Gasteiger partial charge in [-0.15, -0.1) is 0 Å². The van der Waals surface area contributed by atoms with Gasteiger partial charge < -0.3 is 10.1 Å². The van der Waals surface area contributed by atoms with Crippen molar-refractivity contribution in [1.82, 2.24) is 9.97 Å². The number of pyridine rings is 1. The zero-order valence-electron chi connectivity index (χ0n) is 8.47. The van der Waals surface area contributed by atoms with E-state index in [4.69, 9.17) is 12.2 Å². The number of aliphatic imine (C=N–C) groups is 1. The summed E-state index contributed by atoms with van der Waals surface area (Å²) in [6.07, 6.45) is 3.24. The maximum absolute atomic E-state index is 9.46. The molecule has 0 spiro atoms. The molecule has 0 aliphatic rings. The van der Waals surface area contributed by atoms with Gasteiger partial charge in [-0.2, -0.15) is 0 Å². The maximum Gasteiger partial charge on any atom is 0.209 e. The van der Waals surface area contributed by atoms with Crippen LogP contribution in [0.1, 0.15) is 10.4 Å². The van der Waals surface area contributed by atoms with Crippen molar-refractivity contribution in [1.29, 1.82) is 0 Å². The average molecular weight is 251 g/mol. The highest BCUT2D eigenvalue weighted by Crippen LogP contribution is 2.20. The third-order valence-electron chi connectivity index (χ3n) is 1.94. The molecule has 16 heavy (non-hydrogen) atoms. The fourth-order valence-electron chi connectivity index (χ4n) is 1.15. The number of hydrogen-bond acceptors (Lipinski definition) is 5. The van der Waals surface area contributed by atoms with Crippen molar-refractivity contribution >= 4 is 35.6 Å². The van der Waals surface area contributed by atoms with E-state index >= 15 is 0 Å². The van der Waals surface area contributed by atoms with E-state index in [0.717, 1.165) is 5.56 Å². The Morgan fingerprint density at radius 3 is 3.06 bits per heavy atom. The molecule has 0 fully saturated rings. The molecule has 0 aliphatic heterocycles. The van der Waals surface area contributed by atoms with Crippen molar-refractivity contribution in [2.24, 2.45) is 4.99 Å². The number of aromatic amines is 1. The average Bonchev–Trinajstić information content (AvgIpc) is 2.56. The van der Waals surface area contributed by atoms with Crippen molar-refractivity contribution in [3.63, 3.8) is 0 Å². The Hall–Kier alpha value is -1.53. The second kappa shape index (κ2) is 4.54. The minimum atomic E-state index is 0.0485. The van der Waals surface area contributed by atoms with E-state index < -0.39 is 0 Å². The number of hydrogen-bond donors (Lipinski definition) is 2. The zero-order chi connectivity index (χ0) is 11.5. The number of aryl methyl sites for hydroxylation is 1. The first-order valence-electron chi connectivity index (χ1n) is 4.54. The van der Waals surface area contributed by atoms with Gasteiger partial charge in [-0.25, -0.2) is 9.98 Å². The lowest BCUT2D eigenvalue weighted by atomic mass is 10.3. The number of rotatable bonds is 2. The SMILES string of the molecule is Cc1cccnc1/N=C/c1sc(=S)[nH]c1O. The van der Waals surface area contributed by atoms with Gasteiger partial charge in [0.15, 0.2) is 9.77 Å². The monoisotopic (exact) mass is 251 g/mol. The van der Waals surface area contributed by atoms with E-state index in [9.17, 15) is 5.11 Å². The summed E-state index contributed by atoms with van der Waals surface area (Å²) in [6, 6.07) is 3.78. The van der Waals surface area contributed by atoms with Crippen molar-refractivity contribution < 1.29 is 5.11 Å². The van der Waals surface area contributed by atoms with Crippen LogP contribution in [0.15, 0.2) is 23.3 Å². The lowest BCUT2D eigenvalue weighted by Gasteiger charge is -1.95. The third-order valence-corrected chi connectivity index (χ3v) is 3.10. The van der Waals surface area contributed by atoms with Crippen molar-refractivity contribution in [2.45, 2.75) is 6.92 Å². The van der Waals surface area contributed by atoms with Gasteiger partial charge in [0, 0.05) is 6.20 Å². The zero-order valence-corrected chi connectivity index (χ0v) is 10.1. The van der Waals surface area contributed by atoms with Gasteiger partial charge >= 0.3 is 0 Å². The molecule has 2 heterocycles. The summed E-state index contributed by atoms with van der Waals surface area (Å²) in [5, 5.41) is 9.46. The minimum absolute atomic E-state index is 0.0485. The third kappa shape index (κ3) is 2.34. The predicted octanol–water partition coefficient (Wildman–Crippen LogP) is 2.97. The topological polar surface area (TPSA) is 61.3 Å². The van der Waals surface area contributed by atoms with Gasteiger partial charge in [-0.3, -0.25) is 0 Å². The van der Waals surface area contributed by atoms with Crippen molar-refractivity contribution in [3.05, 3.63) is 32.7 Å². The Morgan fingerprint density at radius 1 is 1.62 bits per heavy atom. The lowest BCUT2D eigenvalue weighted by molar-refractivity contribution is 0.456. The molecule has 0 aromatic carbocycles. The van der Waals surface area contributed by atoms with Gasteiger partial charge in [0.2, 0.25) is 5.88 Å². The number of aromatic nitrogens is 2. The molecule has 2 rings (SSSR count). The summed E-state index contributed by atoms with van der Waals surface area (Å²) in [5.41, 5.74) is 0.984. The molecule has 6 heteroatoms. The van der Waals surface area contributed by atoms with Crippen LogP contribution in [0.4, 0.5) is 5.82 Å². The van der Waals surface area contributed by atoms with Crippen molar-refractivity contribution in [3.8, 4) is 5.88 Å². The summed E-state index contributed by atoms with van der Waals surface area (Å²) in [7, 11) is 0. The van der Waals surface area contributed by atoms with Gasteiger partial charge in [0.05, 0.1) is 6.21 Å². The molecule has 0 bridgehead atoms. The molecule has 82 valence electrons. The van der Waals surface area contributed by atoms with Gasteiger partial charge in [-0.05, 0) is 30.8 Å². The summed E-state index contributed by atoms with van der Waals surface area (Å²) >= 11 is 6.17. The molecular weight excluding hydrogens is 242 g/mol. The number of nitrogens with zero attached hydrogens (tertiary/aromatic N) is 2. The first-order chi connectivity index (χ1) is 7.66. The van der Waals surface area contributed by atoms with Gasteiger partial charge in [0.25, 0.3) is 0 Å². The minimum Gasteiger partial charge on any atom is -0.494 e. The van der Waals surface area contributed by atoms with Crippen LogP contribution in [0.3, 0.4) is 0 Å². The number of H-pyrrole nitrogens is 1. The smallest absolute Gasteiger partial charge is 0.209 e. The fraction of sp³-hybridized carbons (Fsp3) is 0.100. The largest absolute Gasteiger partial charge is 0.494 e. The van der Waals surface area contributed by atoms with E-state index in [2.05, 4.69) is 15.0 Å². The maximum atomic E-state index is 9.46. The second-order valence-electron chi connectivity index (χ2n) is 3.13. The van der Waals surface area contributed by atoms with Crippen LogP contribution >= 0.6 is 23.6 Å². The molecule has 4 nitrogen and oxygen atoms in total. The van der Waals surface area contributed by atoms with Crippen LogP contribution in [0.2, 0.25) is 0 Å². The summed E-state index contributed by atoms with van der Waals surface area (Å²) < 4.78 is 0.525. The van der Waals surface area contributed by atoms with E-state index in [-0.39, 0.29) is 5.88 Å². The fourth-order valence-corrected chi connectivity index (χ4v) is 2.12. The van der Waals surface area contributed by atoms with E-state index in [0.29, 0.717) is 14.6 Å². The van der Waals surface area contributed by atoms with Crippen LogP contribution in [-0.4, -0.2) is 21.3 Å². The quantitative estimate of drug-likeness (QED) is 0.637. The molecule has 0 aliphatic carbocycles. The Bertz CT molecular complexity index is 586. The van der Waals surface area contributed by atoms with E-state index in [1.165, 1.54) is 11.3 Å². The van der Waals surface area contributed by atoms with Crippen LogP contribution in [0.5, 0.6) is 5.88 Å². The number of nitrogens with one attached hydrogen (secondary N) is 1. The summed E-state index contributed by atoms with van der Waals surface area (Å²) in [5.74, 6) is 0.688. The van der Waals surface area contributed by atoms with E-state index in [1.54, 1.807) is 12.4 Å². The first-order valence-corrected chi connectivity index (χ1v) is 5.77. The summed E-state index contributed by atoms with van der Waals surface area (Å²) in [6.45, 7) is 1.93. The Morgan fingerprint density at radius 2 is 2.44 bits per heavy atom. The molecule has 0 saturated heterocycles. The molecule has 0 unspecified atom stereocenters. The highest BCUT2D eigenvalue weighted by Gasteiger charge is 2.02. The van der Waals surface area contributed by atoms with Crippen LogP contribution in [0, 0.1) is 10.9 Å². The van der Waals surface area contributed by atoms with E-state index in [1.807, 2.05) is 19.1 Å². The highest BCUT2D eigenvalue weighted by molar-refractivity contribution is 7.73. The van der Waals surface area contributed by atoms with Crippen LogP contribution in [-0.2, 0) is 0 Å². The normalized spacial score (nSPS) is 11.1. The molecule has 2 aromatic heterocycles. The predicted molar refractivity (Wildman–Crippen MR) is 67.4 cm³/mol. The van der Waals surface area contributed by atoms with Gasteiger partial charge in [-0.1, -0.05) is 17.4 Å². The second-order valence-corrected chi connectivity index (χ2v) is 4.85. The molecule has 2 aromatic rings. The molecular formula is C10H9N3OS2. The molecule has 2 N–H and O–H groups in total. The molecule has 0 radical (unpaired) electrons. The molecule has 0 atom stereocenters. The number of aromatic hydroxyl groups is 1. The standard InChI is InChI=1S/C10H9N3OS2/c1-6-3-2-4-11-8(6)12-5-7-9(14)13-10(15)16-7/h2-5,14H,1H3,(H,13,15)/b12-5+. The van der Waals surface area contributed by atoms with Crippen molar-refractivity contribution in [2.75, 3.05) is 0 Å². The Balaban J connectivity index is 2.32. The lowest BCUT2D eigenvalue weighted by Crippen LogP contribution is -1.80. The van der Waals surface area contributed by atoms with Crippen LogP contribution in [0.25, 0.3) is 0 Å². The summed E-state index contributed by atoms with van der Waals surface area (Å²) in [4.78, 5) is 11.6. The first kappa shape index (κ1) is 11.0. The Kier molecular flexibility index (Phi) is 3.12. The Labute approximate surface area is 101 Å². The molecule has 0 amide bonds. The molecule has 0 saturated carbocycles. The highest BCUT2D eigenvalue weighted by atomic mass is 32.1. The van der Waals surface area contributed by atoms with Crippen LogP contribution < -0.4 is 0 Å². The number of thiazole rings is 1.